The highest BCUT2D eigenvalue weighted by atomic mass is 35.5. The molecule has 28 heavy (non-hydrogen) atoms. The number of carbonyl (C=O) groups is 1. The van der Waals surface area contributed by atoms with E-state index in [4.69, 9.17) is 39.2 Å². The van der Waals surface area contributed by atoms with Gasteiger partial charge in [-0.1, -0.05) is 34.8 Å². The quantitative estimate of drug-likeness (QED) is 0.575. The minimum atomic E-state index is -0.112. The van der Waals surface area contributed by atoms with Crippen LogP contribution in [0.2, 0.25) is 15.1 Å². The lowest BCUT2D eigenvalue weighted by molar-refractivity contribution is -0.117. The molecule has 0 spiro atoms. The number of amides is 1. The van der Waals surface area contributed by atoms with Crippen LogP contribution < -0.4 is 5.32 Å². The summed E-state index contributed by atoms with van der Waals surface area (Å²) in [7, 11) is 0. The molecule has 1 saturated heterocycles. The number of likely N-dealkylation sites (tertiary alicyclic amines) is 1. The van der Waals surface area contributed by atoms with E-state index in [2.05, 4.69) is 15.2 Å². The average molecular weight is 439 g/mol. The van der Waals surface area contributed by atoms with Gasteiger partial charge < -0.3 is 9.73 Å². The van der Waals surface area contributed by atoms with Gasteiger partial charge in [0.25, 0.3) is 0 Å². The van der Waals surface area contributed by atoms with Crippen LogP contribution in [0.3, 0.4) is 0 Å². The van der Waals surface area contributed by atoms with Crippen molar-refractivity contribution in [2.45, 2.75) is 18.8 Å². The fraction of sp³-hybridized carbons (Fsp3) is 0.300. The number of nitrogens with one attached hydrogen (secondary N) is 1. The number of nitrogens with zero attached hydrogens (tertiary/aromatic N) is 2. The summed E-state index contributed by atoms with van der Waals surface area (Å²) in [5.74, 6) is 0.874. The van der Waals surface area contributed by atoms with Gasteiger partial charge in [-0.15, -0.1) is 0 Å². The Kier molecular flexibility index (Phi) is 5.78. The maximum Gasteiger partial charge on any atom is 0.238 e. The van der Waals surface area contributed by atoms with Crippen molar-refractivity contribution in [2.24, 2.45) is 0 Å². The smallest absolute Gasteiger partial charge is 0.238 e. The van der Waals surface area contributed by atoms with Gasteiger partial charge in [-0.25, -0.2) is 4.98 Å². The molecule has 1 amide bonds. The summed E-state index contributed by atoms with van der Waals surface area (Å²) in [6.07, 6.45) is 1.76. The zero-order valence-electron chi connectivity index (χ0n) is 14.9. The maximum atomic E-state index is 12.3. The molecule has 2 aromatic carbocycles. The zero-order chi connectivity index (χ0) is 19.7. The van der Waals surface area contributed by atoms with Gasteiger partial charge in [0, 0.05) is 16.0 Å². The number of benzene rings is 2. The second kappa shape index (κ2) is 8.29. The van der Waals surface area contributed by atoms with E-state index in [9.17, 15) is 4.79 Å². The number of hydrogen-bond acceptors (Lipinski definition) is 4. The number of piperidine rings is 1. The van der Waals surface area contributed by atoms with Gasteiger partial charge in [-0.05, 0) is 62.3 Å². The Morgan fingerprint density at radius 3 is 2.61 bits per heavy atom. The molecule has 4 rings (SSSR count). The van der Waals surface area contributed by atoms with Crippen LogP contribution in [0.5, 0.6) is 0 Å². The highest BCUT2D eigenvalue weighted by Crippen LogP contribution is 2.31. The molecule has 1 aromatic heterocycles. The minimum absolute atomic E-state index is 0.112. The Labute approximate surface area is 177 Å². The molecule has 0 radical (unpaired) electrons. The highest BCUT2D eigenvalue weighted by Gasteiger charge is 2.25. The van der Waals surface area contributed by atoms with E-state index in [1.165, 1.54) is 0 Å². The molecule has 1 aliphatic heterocycles. The first-order valence-corrected chi connectivity index (χ1v) is 10.1. The van der Waals surface area contributed by atoms with Crippen molar-refractivity contribution in [3.05, 3.63) is 57.4 Å². The van der Waals surface area contributed by atoms with E-state index >= 15 is 0 Å². The highest BCUT2D eigenvalue weighted by molar-refractivity contribution is 6.35. The normalized spacial score (nSPS) is 15.8. The average Bonchev–Trinajstić information content (AvgIpc) is 3.08. The molecule has 1 fully saturated rings. The monoisotopic (exact) mass is 437 g/mol. The van der Waals surface area contributed by atoms with Crippen molar-refractivity contribution in [2.75, 3.05) is 25.0 Å². The Balaban J connectivity index is 1.33. The lowest BCUT2D eigenvalue weighted by Crippen LogP contribution is -2.38. The number of halogens is 3. The summed E-state index contributed by atoms with van der Waals surface area (Å²) in [4.78, 5) is 19.0. The number of hydrogen-bond donors (Lipinski definition) is 1. The predicted molar refractivity (Wildman–Crippen MR) is 113 cm³/mol. The maximum absolute atomic E-state index is 12.3. The molecular formula is C20H18Cl3N3O2. The van der Waals surface area contributed by atoms with Crippen molar-refractivity contribution < 1.29 is 9.21 Å². The van der Waals surface area contributed by atoms with E-state index in [0.717, 1.165) is 42.9 Å². The molecular weight excluding hydrogens is 421 g/mol. The Morgan fingerprint density at radius 2 is 1.82 bits per heavy atom. The topological polar surface area (TPSA) is 58.4 Å². The molecule has 0 bridgehead atoms. The molecule has 5 nitrogen and oxygen atoms in total. The zero-order valence-corrected chi connectivity index (χ0v) is 17.2. The van der Waals surface area contributed by atoms with Gasteiger partial charge in [0.1, 0.15) is 5.52 Å². The van der Waals surface area contributed by atoms with Gasteiger partial charge in [-0.3, -0.25) is 9.69 Å². The molecule has 0 aliphatic carbocycles. The van der Waals surface area contributed by atoms with Gasteiger partial charge >= 0.3 is 0 Å². The third-order valence-corrected chi connectivity index (χ3v) is 5.67. The summed E-state index contributed by atoms with van der Waals surface area (Å²) >= 11 is 18.1. The molecule has 2 heterocycles. The first-order chi connectivity index (χ1) is 13.5. The number of rotatable bonds is 4. The molecule has 0 atom stereocenters. The van der Waals surface area contributed by atoms with E-state index < -0.39 is 0 Å². The number of aromatic nitrogens is 1. The summed E-state index contributed by atoms with van der Waals surface area (Å²) in [5.41, 5.74) is 2.06. The van der Waals surface area contributed by atoms with E-state index in [0.29, 0.717) is 27.3 Å². The molecule has 1 aliphatic rings. The summed E-state index contributed by atoms with van der Waals surface area (Å²) in [6, 6.07) is 10.4. The van der Waals surface area contributed by atoms with Crippen molar-refractivity contribution in [3.63, 3.8) is 0 Å². The number of oxazole rings is 1. The Bertz CT molecular complexity index is 1010. The van der Waals surface area contributed by atoms with E-state index in [1.807, 2.05) is 12.1 Å². The number of fused-ring (bicyclic) bond motifs is 1. The van der Waals surface area contributed by atoms with Crippen LogP contribution in [0.15, 0.2) is 40.8 Å². The van der Waals surface area contributed by atoms with Gasteiger partial charge in [0.2, 0.25) is 5.91 Å². The summed E-state index contributed by atoms with van der Waals surface area (Å²) < 4.78 is 5.89. The lowest BCUT2D eigenvalue weighted by Gasteiger charge is -2.29. The largest absolute Gasteiger partial charge is 0.440 e. The fourth-order valence-corrected chi connectivity index (χ4v) is 3.92. The molecule has 8 heteroatoms. The first-order valence-electron chi connectivity index (χ1n) is 9.01. The van der Waals surface area contributed by atoms with Crippen molar-refractivity contribution in [1.29, 1.82) is 0 Å². The SMILES string of the molecule is O=C(CN1CCC(c2nc3cc(Cl)ccc3o2)CC1)Nc1cc(Cl)ccc1Cl. The molecule has 0 saturated carbocycles. The predicted octanol–water partition coefficient (Wildman–Crippen LogP) is 5.61. The van der Waals surface area contributed by atoms with Gasteiger partial charge in [-0.2, -0.15) is 0 Å². The molecule has 1 N–H and O–H groups in total. The van der Waals surface area contributed by atoms with Crippen molar-refractivity contribution in [1.82, 2.24) is 9.88 Å². The van der Waals surface area contributed by atoms with Gasteiger partial charge in [0.05, 0.1) is 17.3 Å². The second-order valence-corrected chi connectivity index (χ2v) is 8.17. The number of anilines is 1. The van der Waals surface area contributed by atoms with Crippen LogP contribution in [0, 0.1) is 0 Å². The van der Waals surface area contributed by atoms with Crippen LogP contribution >= 0.6 is 34.8 Å². The van der Waals surface area contributed by atoms with Crippen LogP contribution in [0.1, 0.15) is 24.7 Å². The third-order valence-electron chi connectivity index (χ3n) is 4.87. The van der Waals surface area contributed by atoms with E-state index in [-0.39, 0.29) is 11.8 Å². The van der Waals surface area contributed by atoms with E-state index in [1.54, 1.807) is 24.3 Å². The second-order valence-electron chi connectivity index (χ2n) is 6.89. The molecule has 0 unspecified atom stereocenters. The Hall–Kier alpha value is -1.79. The van der Waals surface area contributed by atoms with Crippen LogP contribution in [0.4, 0.5) is 5.69 Å². The summed E-state index contributed by atoms with van der Waals surface area (Å²) in [6.45, 7) is 1.89. The minimum Gasteiger partial charge on any atom is -0.440 e. The van der Waals surface area contributed by atoms with Crippen molar-refractivity contribution >= 4 is 57.5 Å². The van der Waals surface area contributed by atoms with Crippen LogP contribution in [-0.2, 0) is 4.79 Å². The summed E-state index contributed by atoms with van der Waals surface area (Å²) in [5, 5.41) is 4.46. The standard InChI is InChI=1S/C20H18Cl3N3O2/c21-13-1-3-15(23)16(9-13)24-19(27)11-26-7-5-12(6-8-26)20-25-17-10-14(22)2-4-18(17)28-20/h1-4,9-10,12H,5-8,11H2,(H,24,27). The first kappa shape index (κ1) is 19.5. The molecule has 146 valence electrons. The lowest BCUT2D eigenvalue weighted by atomic mass is 9.97. The number of carbonyl (C=O) groups excluding carboxylic acids is 1. The Morgan fingerprint density at radius 1 is 1.11 bits per heavy atom. The van der Waals surface area contributed by atoms with Crippen LogP contribution in [-0.4, -0.2) is 35.4 Å². The molecule has 3 aromatic rings. The fourth-order valence-electron chi connectivity index (χ4n) is 3.42. The third kappa shape index (κ3) is 4.44. The van der Waals surface area contributed by atoms with Crippen LogP contribution in [0.25, 0.3) is 11.1 Å². The van der Waals surface area contributed by atoms with Gasteiger partial charge in [0.15, 0.2) is 11.5 Å². The van der Waals surface area contributed by atoms with Crippen molar-refractivity contribution in [3.8, 4) is 0 Å².